The van der Waals surface area contributed by atoms with Crippen LogP contribution in [0.4, 0.5) is 5.69 Å². The lowest BCUT2D eigenvalue weighted by atomic mass is 10.3. The zero-order chi connectivity index (χ0) is 8.72. The fourth-order valence-electron chi connectivity index (χ4n) is 1.10. The van der Waals surface area contributed by atoms with Crippen LogP contribution in [0.15, 0.2) is 12.1 Å². The van der Waals surface area contributed by atoms with Gasteiger partial charge < -0.3 is 5.73 Å². The van der Waals surface area contributed by atoms with Gasteiger partial charge in [0.2, 0.25) is 0 Å². The summed E-state index contributed by atoms with van der Waals surface area (Å²) in [6.45, 7) is 1.94. The highest BCUT2D eigenvalue weighted by molar-refractivity contribution is 7.19. The van der Waals surface area contributed by atoms with Crippen LogP contribution in [0, 0.1) is 6.92 Å². The van der Waals surface area contributed by atoms with Crippen molar-refractivity contribution in [3.05, 3.63) is 22.2 Å². The van der Waals surface area contributed by atoms with Crippen LogP contribution in [0.1, 0.15) is 5.01 Å². The van der Waals surface area contributed by atoms with Gasteiger partial charge in [0.25, 0.3) is 0 Å². The molecular weight excluding hydrogens is 192 g/mol. The maximum atomic E-state index is 5.93. The average Bonchev–Trinajstić information content (AvgIpc) is 2.41. The molecule has 2 rings (SSSR count). The Hall–Kier alpha value is -0.800. The van der Waals surface area contributed by atoms with Gasteiger partial charge in [0.05, 0.1) is 20.4 Å². The molecule has 62 valence electrons. The van der Waals surface area contributed by atoms with Gasteiger partial charge in [-0.05, 0) is 19.1 Å². The number of rotatable bonds is 0. The van der Waals surface area contributed by atoms with Crippen LogP contribution in [0.25, 0.3) is 10.2 Å². The molecule has 12 heavy (non-hydrogen) atoms. The van der Waals surface area contributed by atoms with Crippen molar-refractivity contribution in [1.29, 1.82) is 0 Å². The summed E-state index contributed by atoms with van der Waals surface area (Å²) in [7, 11) is 0. The molecule has 0 unspecified atom stereocenters. The third kappa shape index (κ3) is 1.06. The first-order valence-electron chi connectivity index (χ1n) is 3.49. The van der Waals surface area contributed by atoms with Crippen LogP contribution in [-0.4, -0.2) is 4.98 Å². The van der Waals surface area contributed by atoms with Crippen molar-refractivity contribution in [3.8, 4) is 0 Å². The molecular formula is C8H7ClN2S. The van der Waals surface area contributed by atoms with Gasteiger partial charge in [-0.25, -0.2) is 4.98 Å². The zero-order valence-corrected chi connectivity index (χ0v) is 8.04. The van der Waals surface area contributed by atoms with Gasteiger partial charge in [0, 0.05) is 0 Å². The predicted molar refractivity (Wildman–Crippen MR) is 53.8 cm³/mol. The molecule has 1 aromatic carbocycles. The second-order valence-corrected chi connectivity index (χ2v) is 4.16. The second kappa shape index (κ2) is 2.61. The summed E-state index contributed by atoms with van der Waals surface area (Å²) in [5.74, 6) is 0. The van der Waals surface area contributed by atoms with E-state index in [2.05, 4.69) is 4.98 Å². The van der Waals surface area contributed by atoms with Crippen LogP contribution < -0.4 is 5.73 Å². The number of fused-ring (bicyclic) bond motifs is 1. The Bertz CT molecular complexity index is 397. The molecule has 0 bridgehead atoms. The van der Waals surface area contributed by atoms with Crippen molar-refractivity contribution in [2.24, 2.45) is 0 Å². The van der Waals surface area contributed by atoms with E-state index in [4.69, 9.17) is 17.3 Å². The standard InChI is InChI=1S/C8H7ClN2S/c1-4-11-7-5(9)2-3-6(10)8(7)12-4/h2-3H,10H2,1H3. The second-order valence-electron chi connectivity index (χ2n) is 2.55. The monoisotopic (exact) mass is 198 g/mol. The molecule has 0 saturated carbocycles. The normalized spacial score (nSPS) is 10.8. The smallest absolute Gasteiger partial charge is 0.102 e. The SMILES string of the molecule is Cc1nc2c(Cl)ccc(N)c2s1. The summed E-state index contributed by atoms with van der Waals surface area (Å²) in [4.78, 5) is 4.28. The number of nitrogen functional groups attached to an aromatic ring is 1. The molecule has 1 heterocycles. The number of aromatic nitrogens is 1. The van der Waals surface area contributed by atoms with Crippen molar-refractivity contribution in [2.75, 3.05) is 5.73 Å². The molecule has 2 N–H and O–H groups in total. The number of nitrogens with two attached hydrogens (primary N) is 1. The number of nitrogens with zero attached hydrogens (tertiary/aromatic N) is 1. The topological polar surface area (TPSA) is 38.9 Å². The van der Waals surface area contributed by atoms with Crippen molar-refractivity contribution >= 4 is 38.8 Å². The van der Waals surface area contributed by atoms with Crippen LogP contribution in [0.2, 0.25) is 5.02 Å². The van der Waals surface area contributed by atoms with E-state index in [9.17, 15) is 0 Å². The van der Waals surface area contributed by atoms with E-state index in [-0.39, 0.29) is 0 Å². The molecule has 0 amide bonds. The molecule has 2 aromatic rings. The van der Waals surface area contributed by atoms with E-state index in [0.717, 1.165) is 20.9 Å². The van der Waals surface area contributed by atoms with Gasteiger partial charge in [-0.2, -0.15) is 0 Å². The highest BCUT2D eigenvalue weighted by atomic mass is 35.5. The predicted octanol–water partition coefficient (Wildman–Crippen LogP) is 2.84. The van der Waals surface area contributed by atoms with Gasteiger partial charge in [-0.1, -0.05) is 11.6 Å². The van der Waals surface area contributed by atoms with Crippen LogP contribution in [0.5, 0.6) is 0 Å². The molecule has 4 heteroatoms. The van der Waals surface area contributed by atoms with E-state index in [1.807, 2.05) is 13.0 Å². The molecule has 1 aromatic heterocycles. The minimum atomic E-state index is 0.670. The Kier molecular flexibility index (Phi) is 1.70. The number of thiazole rings is 1. The average molecular weight is 199 g/mol. The fourth-order valence-corrected chi connectivity index (χ4v) is 2.23. The van der Waals surface area contributed by atoms with Crippen LogP contribution in [-0.2, 0) is 0 Å². The van der Waals surface area contributed by atoms with E-state index in [0.29, 0.717) is 5.02 Å². The first-order valence-corrected chi connectivity index (χ1v) is 4.69. The quantitative estimate of drug-likeness (QED) is 0.662. The van der Waals surface area contributed by atoms with Gasteiger partial charge in [0.15, 0.2) is 0 Å². The molecule has 0 aliphatic carbocycles. The lowest BCUT2D eigenvalue weighted by molar-refractivity contribution is 1.35. The number of hydrogen-bond acceptors (Lipinski definition) is 3. The molecule has 0 atom stereocenters. The molecule has 0 aliphatic heterocycles. The van der Waals surface area contributed by atoms with E-state index >= 15 is 0 Å². The maximum Gasteiger partial charge on any atom is 0.102 e. The summed E-state index contributed by atoms with van der Waals surface area (Å²) >= 11 is 7.50. The third-order valence-corrected chi connectivity index (χ3v) is 2.96. The van der Waals surface area contributed by atoms with Gasteiger partial charge >= 0.3 is 0 Å². The lowest BCUT2D eigenvalue weighted by Gasteiger charge is -1.94. The number of hydrogen-bond donors (Lipinski definition) is 1. The number of halogens is 1. The van der Waals surface area contributed by atoms with E-state index in [1.54, 1.807) is 17.4 Å². The number of aryl methyl sites for hydroxylation is 1. The van der Waals surface area contributed by atoms with Crippen molar-refractivity contribution in [1.82, 2.24) is 4.98 Å². The molecule has 0 fully saturated rings. The maximum absolute atomic E-state index is 5.93. The highest BCUT2D eigenvalue weighted by Gasteiger charge is 2.06. The third-order valence-electron chi connectivity index (χ3n) is 1.63. The minimum absolute atomic E-state index is 0.670. The molecule has 0 radical (unpaired) electrons. The zero-order valence-electron chi connectivity index (χ0n) is 6.47. The lowest BCUT2D eigenvalue weighted by Crippen LogP contribution is -1.83. The molecule has 2 nitrogen and oxygen atoms in total. The Morgan fingerprint density at radius 3 is 2.92 bits per heavy atom. The summed E-state index contributed by atoms with van der Waals surface area (Å²) in [5, 5.41) is 1.66. The molecule has 0 spiro atoms. The van der Waals surface area contributed by atoms with Gasteiger partial charge in [-0.15, -0.1) is 11.3 Å². The fraction of sp³-hybridized carbons (Fsp3) is 0.125. The Balaban J connectivity index is 2.93. The summed E-state index contributed by atoms with van der Waals surface area (Å²) < 4.78 is 0.986. The first-order chi connectivity index (χ1) is 5.68. The van der Waals surface area contributed by atoms with Crippen molar-refractivity contribution in [2.45, 2.75) is 6.92 Å². The molecule has 0 saturated heterocycles. The highest BCUT2D eigenvalue weighted by Crippen LogP contribution is 2.31. The van der Waals surface area contributed by atoms with Gasteiger partial charge in [-0.3, -0.25) is 0 Å². The largest absolute Gasteiger partial charge is 0.398 e. The summed E-state index contributed by atoms with van der Waals surface area (Å²) in [5.41, 5.74) is 7.32. The van der Waals surface area contributed by atoms with Crippen LogP contribution in [0.3, 0.4) is 0 Å². The summed E-state index contributed by atoms with van der Waals surface area (Å²) in [6, 6.07) is 3.58. The van der Waals surface area contributed by atoms with E-state index in [1.165, 1.54) is 0 Å². The number of anilines is 1. The van der Waals surface area contributed by atoms with E-state index < -0.39 is 0 Å². The summed E-state index contributed by atoms with van der Waals surface area (Å²) in [6.07, 6.45) is 0. The van der Waals surface area contributed by atoms with Gasteiger partial charge in [0.1, 0.15) is 5.52 Å². The molecule has 0 aliphatic rings. The van der Waals surface area contributed by atoms with Crippen molar-refractivity contribution < 1.29 is 0 Å². The Labute approximate surface area is 79.0 Å². The minimum Gasteiger partial charge on any atom is -0.398 e. The van der Waals surface area contributed by atoms with Crippen LogP contribution >= 0.6 is 22.9 Å². The Morgan fingerprint density at radius 2 is 2.25 bits per heavy atom. The number of benzene rings is 1. The van der Waals surface area contributed by atoms with Crippen molar-refractivity contribution in [3.63, 3.8) is 0 Å². The first kappa shape index (κ1) is 7.83. The Morgan fingerprint density at radius 1 is 1.50 bits per heavy atom.